The maximum Gasteiger partial charge on any atom is 0.122 e. The van der Waals surface area contributed by atoms with Gasteiger partial charge in [-0.05, 0) is 29.0 Å². The van der Waals surface area contributed by atoms with E-state index >= 15 is 0 Å². The van der Waals surface area contributed by atoms with Crippen LogP contribution < -0.4 is 4.74 Å². The third kappa shape index (κ3) is 2.62. The standard InChI is InChI=1S/C14H20O/c1-6-11(4)12-7-8-13(10(2)3)14(9-12)15-5/h6-11H,1H2,2-5H3. The zero-order chi connectivity index (χ0) is 11.4. The summed E-state index contributed by atoms with van der Waals surface area (Å²) in [5, 5.41) is 0. The summed E-state index contributed by atoms with van der Waals surface area (Å²) in [4.78, 5) is 0. The molecule has 0 aromatic heterocycles. The normalized spacial score (nSPS) is 12.6. The molecule has 1 heteroatoms. The van der Waals surface area contributed by atoms with Crippen LogP contribution in [0.4, 0.5) is 0 Å². The van der Waals surface area contributed by atoms with Crippen molar-refractivity contribution in [1.29, 1.82) is 0 Å². The number of hydrogen-bond acceptors (Lipinski definition) is 1. The summed E-state index contributed by atoms with van der Waals surface area (Å²) < 4.78 is 5.41. The summed E-state index contributed by atoms with van der Waals surface area (Å²) >= 11 is 0. The predicted molar refractivity (Wildman–Crippen MR) is 65.7 cm³/mol. The van der Waals surface area contributed by atoms with E-state index in [1.165, 1.54) is 11.1 Å². The third-order valence-corrected chi connectivity index (χ3v) is 2.76. The number of methoxy groups -OCH3 is 1. The molecular weight excluding hydrogens is 184 g/mol. The van der Waals surface area contributed by atoms with Crippen molar-refractivity contribution in [3.05, 3.63) is 42.0 Å². The highest BCUT2D eigenvalue weighted by molar-refractivity contribution is 5.41. The van der Waals surface area contributed by atoms with Gasteiger partial charge in [0.15, 0.2) is 0 Å². The van der Waals surface area contributed by atoms with E-state index in [0.29, 0.717) is 11.8 Å². The second kappa shape index (κ2) is 5.01. The average Bonchev–Trinajstić information content (AvgIpc) is 2.26. The van der Waals surface area contributed by atoms with Crippen LogP contribution in [0, 0.1) is 0 Å². The maximum absolute atomic E-state index is 5.41. The molecule has 0 aliphatic carbocycles. The molecule has 0 fully saturated rings. The molecule has 1 rings (SSSR count). The molecule has 0 radical (unpaired) electrons. The van der Waals surface area contributed by atoms with Gasteiger partial charge in [0.25, 0.3) is 0 Å². The molecule has 0 N–H and O–H groups in total. The van der Waals surface area contributed by atoms with Crippen LogP contribution in [0.1, 0.15) is 43.7 Å². The van der Waals surface area contributed by atoms with Crippen molar-refractivity contribution < 1.29 is 4.74 Å². The Bertz CT molecular complexity index is 339. The van der Waals surface area contributed by atoms with E-state index in [1.807, 2.05) is 6.08 Å². The molecule has 0 aliphatic rings. The average molecular weight is 204 g/mol. The monoisotopic (exact) mass is 204 g/mol. The molecule has 0 saturated heterocycles. The molecule has 1 unspecified atom stereocenters. The summed E-state index contributed by atoms with van der Waals surface area (Å²) in [5.74, 6) is 1.85. The number of hydrogen-bond donors (Lipinski definition) is 0. The first-order valence-corrected chi connectivity index (χ1v) is 5.40. The quantitative estimate of drug-likeness (QED) is 0.671. The van der Waals surface area contributed by atoms with E-state index < -0.39 is 0 Å². The van der Waals surface area contributed by atoms with Crippen molar-refractivity contribution in [2.45, 2.75) is 32.6 Å². The lowest BCUT2D eigenvalue weighted by Gasteiger charge is -2.15. The van der Waals surface area contributed by atoms with Crippen LogP contribution in [-0.2, 0) is 0 Å². The van der Waals surface area contributed by atoms with Crippen LogP contribution in [0.25, 0.3) is 0 Å². The van der Waals surface area contributed by atoms with Gasteiger partial charge in [-0.3, -0.25) is 0 Å². The lowest BCUT2D eigenvalue weighted by atomic mass is 9.95. The highest BCUT2D eigenvalue weighted by Crippen LogP contribution is 2.30. The summed E-state index contributed by atoms with van der Waals surface area (Å²) in [6.45, 7) is 10.3. The van der Waals surface area contributed by atoms with E-state index in [-0.39, 0.29) is 0 Å². The number of rotatable bonds is 4. The third-order valence-electron chi connectivity index (χ3n) is 2.76. The minimum atomic E-state index is 0.375. The molecule has 0 spiro atoms. The lowest BCUT2D eigenvalue weighted by molar-refractivity contribution is 0.407. The SMILES string of the molecule is C=CC(C)c1ccc(C(C)C)c(OC)c1. The van der Waals surface area contributed by atoms with Gasteiger partial charge in [0.05, 0.1) is 7.11 Å². The molecule has 0 heterocycles. The second-order valence-electron chi connectivity index (χ2n) is 4.18. The van der Waals surface area contributed by atoms with Crippen molar-refractivity contribution in [1.82, 2.24) is 0 Å². The number of allylic oxidation sites excluding steroid dienone is 1. The van der Waals surface area contributed by atoms with Crippen LogP contribution in [-0.4, -0.2) is 7.11 Å². The Hall–Kier alpha value is -1.24. The Kier molecular flexibility index (Phi) is 3.96. The largest absolute Gasteiger partial charge is 0.496 e. The van der Waals surface area contributed by atoms with Crippen molar-refractivity contribution in [2.24, 2.45) is 0 Å². The zero-order valence-electron chi connectivity index (χ0n) is 10.1. The van der Waals surface area contributed by atoms with Crippen LogP contribution >= 0.6 is 0 Å². The molecule has 1 atom stereocenters. The fourth-order valence-corrected chi connectivity index (χ4v) is 1.62. The van der Waals surface area contributed by atoms with E-state index in [1.54, 1.807) is 7.11 Å². The van der Waals surface area contributed by atoms with Crippen LogP contribution in [0.15, 0.2) is 30.9 Å². The lowest BCUT2D eigenvalue weighted by Crippen LogP contribution is -1.97. The van der Waals surface area contributed by atoms with Gasteiger partial charge in [0, 0.05) is 0 Å². The van der Waals surface area contributed by atoms with E-state index in [4.69, 9.17) is 4.74 Å². The summed E-state index contributed by atoms with van der Waals surface area (Å²) in [6.07, 6.45) is 1.95. The van der Waals surface area contributed by atoms with Crippen molar-refractivity contribution in [2.75, 3.05) is 7.11 Å². The molecule has 1 aromatic rings. The summed E-state index contributed by atoms with van der Waals surface area (Å²) in [7, 11) is 1.73. The first-order valence-electron chi connectivity index (χ1n) is 5.40. The van der Waals surface area contributed by atoms with Crippen LogP contribution in [0.5, 0.6) is 5.75 Å². The minimum absolute atomic E-state index is 0.375. The first-order chi connectivity index (χ1) is 7.10. The number of benzene rings is 1. The Morgan fingerprint density at radius 3 is 2.40 bits per heavy atom. The van der Waals surface area contributed by atoms with Gasteiger partial charge < -0.3 is 4.74 Å². The molecule has 1 nitrogen and oxygen atoms in total. The molecule has 15 heavy (non-hydrogen) atoms. The van der Waals surface area contributed by atoms with Gasteiger partial charge >= 0.3 is 0 Å². The minimum Gasteiger partial charge on any atom is -0.496 e. The van der Waals surface area contributed by atoms with Crippen LogP contribution in [0.3, 0.4) is 0 Å². The van der Waals surface area contributed by atoms with E-state index in [0.717, 1.165) is 5.75 Å². The molecule has 0 amide bonds. The number of ether oxygens (including phenoxy) is 1. The Balaban J connectivity index is 3.12. The van der Waals surface area contributed by atoms with Gasteiger partial charge in [-0.1, -0.05) is 39.0 Å². The van der Waals surface area contributed by atoms with Gasteiger partial charge in [-0.25, -0.2) is 0 Å². The molecule has 0 bridgehead atoms. The smallest absolute Gasteiger partial charge is 0.122 e. The topological polar surface area (TPSA) is 9.23 Å². The zero-order valence-corrected chi connectivity index (χ0v) is 10.1. The van der Waals surface area contributed by atoms with Crippen molar-refractivity contribution >= 4 is 0 Å². The molecule has 1 aromatic carbocycles. The van der Waals surface area contributed by atoms with E-state index in [2.05, 4.69) is 45.5 Å². The highest BCUT2D eigenvalue weighted by atomic mass is 16.5. The van der Waals surface area contributed by atoms with Gasteiger partial charge in [-0.15, -0.1) is 6.58 Å². The molecule has 0 saturated carbocycles. The fraction of sp³-hybridized carbons (Fsp3) is 0.429. The molecule has 82 valence electrons. The van der Waals surface area contributed by atoms with Gasteiger partial charge in [0.1, 0.15) is 5.75 Å². The Morgan fingerprint density at radius 2 is 1.93 bits per heavy atom. The van der Waals surface area contributed by atoms with Crippen molar-refractivity contribution in [3.63, 3.8) is 0 Å². The Morgan fingerprint density at radius 1 is 1.27 bits per heavy atom. The first kappa shape index (κ1) is 11.8. The Labute approximate surface area is 92.8 Å². The van der Waals surface area contributed by atoms with E-state index in [9.17, 15) is 0 Å². The second-order valence-corrected chi connectivity index (χ2v) is 4.18. The van der Waals surface area contributed by atoms with Crippen LogP contribution in [0.2, 0.25) is 0 Å². The predicted octanol–water partition coefficient (Wildman–Crippen LogP) is 4.11. The fourth-order valence-electron chi connectivity index (χ4n) is 1.62. The van der Waals surface area contributed by atoms with Gasteiger partial charge in [0.2, 0.25) is 0 Å². The molecule has 0 aliphatic heterocycles. The summed E-state index contributed by atoms with van der Waals surface area (Å²) in [6, 6.07) is 6.42. The van der Waals surface area contributed by atoms with Crippen molar-refractivity contribution in [3.8, 4) is 5.75 Å². The highest BCUT2D eigenvalue weighted by Gasteiger charge is 2.09. The van der Waals surface area contributed by atoms with Gasteiger partial charge in [-0.2, -0.15) is 0 Å². The molecular formula is C14H20O. The summed E-state index contributed by atoms with van der Waals surface area (Å²) in [5.41, 5.74) is 2.52. The maximum atomic E-state index is 5.41.